The standard InChI is InChI=1S/C48H41N3/c49-20-32-18-36-46(41-30-14-22-8-23(15-30)11-28(10-22)39(32)41)44-34-6-4-26-2-1-3-27-5-7-35(43(34)38(26)27)45-47-37(51(36)48(44)45)19-33(21-50)40-29-12-24-9-25(13-29)17-31(16-24)42(40)47/h1-3,18-19,22-25,28-31H,4-17H2. The average Bonchev–Trinajstić information content (AvgIpc) is 3.51. The Balaban J connectivity index is 1.25. The van der Waals surface area contributed by atoms with Gasteiger partial charge in [0.05, 0.1) is 39.8 Å². The van der Waals surface area contributed by atoms with Gasteiger partial charge in [-0.2, -0.15) is 10.5 Å². The number of aromatic nitrogens is 1. The second-order valence-electron chi connectivity index (χ2n) is 18.8. The molecule has 0 spiro atoms. The fourth-order valence-corrected chi connectivity index (χ4v) is 15.5. The van der Waals surface area contributed by atoms with Crippen molar-refractivity contribution in [1.29, 1.82) is 10.5 Å². The van der Waals surface area contributed by atoms with Gasteiger partial charge in [-0.15, -0.1) is 0 Å². The summed E-state index contributed by atoms with van der Waals surface area (Å²) < 4.78 is 2.65. The second kappa shape index (κ2) is 8.99. The van der Waals surface area contributed by atoms with E-state index in [1.165, 1.54) is 113 Å². The molecule has 8 bridgehead atoms. The molecule has 3 heteroatoms. The molecule has 10 aliphatic carbocycles. The molecule has 2 aromatic heterocycles. The van der Waals surface area contributed by atoms with Crippen LogP contribution < -0.4 is 0 Å². The van der Waals surface area contributed by atoms with Crippen LogP contribution in [-0.4, -0.2) is 4.40 Å². The van der Waals surface area contributed by atoms with Crippen LogP contribution in [0.5, 0.6) is 0 Å². The van der Waals surface area contributed by atoms with Crippen molar-refractivity contribution >= 4 is 38.1 Å². The van der Waals surface area contributed by atoms with Crippen LogP contribution in [0.3, 0.4) is 0 Å². The van der Waals surface area contributed by atoms with E-state index in [-0.39, 0.29) is 0 Å². The summed E-state index contributed by atoms with van der Waals surface area (Å²) in [4.78, 5) is 0. The molecule has 2 heterocycles. The Morgan fingerprint density at radius 3 is 1.35 bits per heavy atom. The van der Waals surface area contributed by atoms with Crippen LogP contribution in [0.15, 0.2) is 30.3 Å². The topological polar surface area (TPSA) is 52.0 Å². The molecular formula is C48H41N3. The van der Waals surface area contributed by atoms with Crippen LogP contribution in [0.25, 0.3) is 49.2 Å². The maximum Gasteiger partial charge on any atom is 0.0995 e. The Morgan fingerprint density at radius 2 is 0.922 bits per heavy atom. The maximum atomic E-state index is 11.0. The molecule has 248 valence electrons. The number of nitrogens with zero attached hydrogens (tertiary/aromatic N) is 3. The largest absolute Gasteiger partial charge is 0.308 e. The molecule has 3 nitrogen and oxygen atoms in total. The zero-order valence-corrected chi connectivity index (χ0v) is 29.2. The lowest BCUT2D eigenvalue weighted by Gasteiger charge is -2.38. The Morgan fingerprint density at radius 1 is 0.490 bits per heavy atom. The van der Waals surface area contributed by atoms with E-state index in [1.54, 1.807) is 44.5 Å². The zero-order chi connectivity index (χ0) is 33.0. The molecule has 0 amide bonds. The molecular weight excluding hydrogens is 619 g/mol. The lowest BCUT2D eigenvalue weighted by atomic mass is 9.67. The van der Waals surface area contributed by atoms with Gasteiger partial charge in [-0.25, -0.2) is 0 Å². The Labute approximate surface area is 298 Å². The molecule has 4 fully saturated rings. The van der Waals surface area contributed by atoms with Gasteiger partial charge in [0.1, 0.15) is 0 Å². The summed E-state index contributed by atoms with van der Waals surface area (Å²) in [6.07, 6.45) is 17.5. The summed E-state index contributed by atoms with van der Waals surface area (Å²) in [6, 6.07) is 17.5. The van der Waals surface area contributed by atoms with Crippen molar-refractivity contribution < 1.29 is 0 Å². The number of rotatable bonds is 0. The number of benzene rings is 4. The van der Waals surface area contributed by atoms with Crippen molar-refractivity contribution in [1.82, 2.24) is 4.40 Å². The van der Waals surface area contributed by atoms with Gasteiger partial charge >= 0.3 is 0 Å². The van der Waals surface area contributed by atoms with Crippen molar-refractivity contribution in [2.24, 2.45) is 23.7 Å². The average molecular weight is 660 g/mol. The van der Waals surface area contributed by atoms with E-state index in [4.69, 9.17) is 0 Å². The molecule has 4 atom stereocenters. The van der Waals surface area contributed by atoms with Gasteiger partial charge in [-0.3, -0.25) is 0 Å². The van der Waals surface area contributed by atoms with Crippen molar-refractivity contribution in [3.8, 4) is 23.3 Å². The smallest absolute Gasteiger partial charge is 0.0995 e. The molecule has 51 heavy (non-hydrogen) atoms. The third-order valence-electron chi connectivity index (χ3n) is 16.6. The summed E-state index contributed by atoms with van der Waals surface area (Å²) in [5.74, 6) is 5.37. The molecule has 10 aliphatic rings. The lowest BCUT2D eigenvalue weighted by molar-refractivity contribution is 0.166. The predicted molar refractivity (Wildman–Crippen MR) is 202 cm³/mol. The van der Waals surface area contributed by atoms with Gasteiger partial charge in [0, 0.05) is 21.5 Å². The molecule has 0 radical (unpaired) electrons. The summed E-state index contributed by atoms with van der Waals surface area (Å²) in [5, 5.41) is 28.0. The van der Waals surface area contributed by atoms with Crippen LogP contribution in [-0.2, 0) is 25.7 Å². The first-order chi connectivity index (χ1) is 25.1. The van der Waals surface area contributed by atoms with Crippen LogP contribution in [0.4, 0.5) is 0 Å². The van der Waals surface area contributed by atoms with E-state index in [0.717, 1.165) is 60.5 Å². The van der Waals surface area contributed by atoms with E-state index in [0.29, 0.717) is 23.7 Å². The summed E-state index contributed by atoms with van der Waals surface area (Å²) in [5.41, 5.74) is 21.3. The molecule has 4 saturated carbocycles. The SMILES string of the molecule is N#Cc1cc2c(c3c1C1CC4CC(C1)CC3C4)c1c3c4c(c5c6c7c(c(C#N)cc6n2c15)C1CC2CC(C1)CC7C2)CCc1cccc(c1-4)CC3. The van der Waals surface area contributed by atoms with E-state index < -0.39 is 0 Å². The van der Waals surface area contributed by atoms with E-state index >= 15 is 0 Å². The van der Waals surface area contributed by atoms with Crippen molar-refractivity contribution in [3.63, 3.8) is 0 Å². The monoisotopic (exact) mass is 659 g/mol. The number of nitriles is 2. The van der Waals surface area contributed by atoms with Crippen LogP contribution in [0, 0.1) is 46.3 Å². The zero-order valence-electron chi connectivity index (χ0n) is 29.2. The highest BCUT2D eigenvalue weighted by Gasteiger charge is 2.47. The molecule has 6 aromatic rings. The fraction of sp³-hybridized carbons (Fsp3) is 0.458. The van der Waals surface area contributed by atoms with Gasteiger partial charge in [0.25, 0.3) is 0 Å². The van der Waals surface area contributed by atoms with E-state index in [2.05, 4.69) is 46.9 Å². The van der Waals surface area contributed by atoms with Crippen LogP contribution >= 0.6 is 0 Å². The molecule has 0 N–H and O–H groups in total. The minimum atomic E-state index is 0.524. The fourth-order valence-electron chi connectivity index (χ4n) is 15.5. The first-order valence-corrected chi connectivity index (χ1v) is 20.5. The second-order valence-corrected chi connectivity index (χ2v) is 18.8. The Hall–Kier alpha value is -4.34. The normalized spacial score (nSPS) is 31.6. The van der Waals surface area contributed by atoms with Crippen LogP contribution in [0.2, 0.25) is 0 Å². The number of fused-ring (bicyclic) bond motifs is 8. The van der Waals surface area contributed by atoms with E-state index in [9.17, 15) is 10.5 Å². The lowest BCUT2D eigenvalue weighted by Crippen LogP contribution is -2.25. The third-order valence-corrected chi connectivity index (χ3v) is 16.6. The Kier molecular flexibility index (Phi) is 4.82. The molecule has 0 aliphatic heterocycles. The van der Waals surface area contributed by atoms with Gasteiger partial charge in [0.15, 0.2) is 0 Å². The maximum absolute atomic E-state index is 11.0. The predicted octanol–water partition coefficient (Wildman–Crippen LogP) is 11.2. The first kappa shape index (κ1) is 27.3. The summed E-state index contributed by atoms with van der Waals surface area (Å²) >= 11 is 0. The van der Waals surface area contributed by atoms with Gasteiger partial charge in [-0.1, -0.05) is 18.2 Å². The first-order valence-electron chi connectivity index (χ1n) is 20.5. The van der Waals surface area contributed by atoms with Gasteiger partial charge in [0.2, 0.25) is 0 Å². The molecule has 4 unspecified atom stereocenters. The minimum absolute atomic E-state index is 0.524. The van der Waals surface area contributed by atoms with Crippen molar-refractivity contribution in [2.75, 3.05) is 0 Å². The van der Waals surface area contributed by atoms with Crippen molar-refractivity contribution in [3.05, 3.63) is 86.0 Å². The molecule has 0 saturated heterocycles. The Bertz CT molecular complexity index is 2540. The molecule has 16 rings (SSSR count). The van der Waals surface area contributed by atoms with E-state index in [1.807, 2.05) is 0 Å². The highest BCUT2D eigenvalue weighted by Crippen LogP contribution is 2.63. The quantitative estimate of drug-likeness (QED) is 0.163. The number of hydrogen-bond donors (Lipinski definition) is 0. The summed E-state index contributed by atoms with van der Waals surface area (Å²) in [7, 11) is 0. The van der Waals surface area contributed by atoms with Gasteiger partial charge < -0.3 is 4.40 Å². The van der Waals surface area contributed by atoms with Crippen molar-refractivity contribution in [2.45, 2.75) is 114 Å². The third kappa shape index (κ3) is 3.10. The van der Waals surface area contributed by atoms with Crippen LogP contribution in [0.1, 0.15) is 144 Å². The minimum Gasteiger partial charge on any atom is -0.308 e. The summed E-state index contributed by atoms with van der Waals surface area (Å²) in [6.45, 7) is 0. The molecule has 4 aromatic carbocycles. The highest BCUT2D eigenvalue weighted by atomic mass is 14.9. The number of aryl methyl sites for hydroxylation is 4. The number of hydrogen-bond acceptors (Lipinski definition) is 2. The van der Waals surface area contributed by atoms with Gasteiger partial charge in [-0.05, 0) is 205 Å². The highest BCUT2D eigenvalue weighted by molar-refractivity contribution is 6.29.